The van der Waals surface area contributed by atoms with Gasteiger partial charge in [0.05, 0.1) is 12.6 Å². The topological polar surface area (TPSA) is 113 Å². The van der Waals surface area contributed by atoms with E-state index in [0.29, 0.717) is 0 Å². The molecule has 8 nitrogen and oxygen atoms in total. The fraction of sp³-hybridized carbons (Fsp3) is 0.286. The second-order valence-corrected chi connectivity index (χ2v) is 4.97. The minimum Gasteiger partial charge on any atom is -0.390 e. The highest BCUT2D eigenvalue weighted by atomic mass is 19.1. The second kappa shape index (κ2) is 7.70. The molecular formula is C14H16F2N6O2. The number of aliphatic hydroxyl groups excluding tert-OH is 1. The molecule has 1 aromatic carbocycles. The van der Waals surface area contributed by atoms with Crippen LogP contribution in [0.3, 0.4) is 0 Å². The molecule has 0 aliphatic carbocycles. The summed E-state index contributed by atoms with van der Waals surface area (Å²) >= 11 is 0. The number of aromatic nitrogens is 6. The summed E-state index contributed by atoms with van der Waals surface area (Å²) in [5.74, 6) is -1.50. The fourth-order valence-corrected chi connectivity index (χ4v) is 2.00. The first kappa shape index (κ1) is 17.6. The maximum atomic E-state index is 13.8. The van der Waals surface area contributed by atoms with Gasteiger partial charge in [0, 0.05) is 5.56 Å². The lowest BCUT2D eigenvalue weighted by Gasteiger charge is -2.31. The maximum Gasteiger partial charge on any atom is 0.138 e. The van der Waals surface area contributed by atoms with Crippen LogP contribution >= 0.6 is 0 Å². The molecule has 0 saturated carbocycles. The normalized spacial score (nSPS) is 14.4. The number of H-pyrrole nitrogens is 1. The molecule has 0 bridgehead atoms. The largest absolute Gasteiger partial charge is 0.390 e. The highest BCUT2D eigenvalue weighted by Crippen LogP contribution is 2.29. The van der Waals surface area contributed by atoms with Gasteiger partial charge in [0.2, 0.25) is 0 Å². The monoisotopic (exact) mass is 338 g/mol. The number of aromatic amines is 1. The number of nitrogens with zero attached hydrogens (tertiary/aromatic N) is 5. The quantitative estimate of drug-likeness (QED) is 0.643. The van der Waals surface area contributed by atoms with Crippen LogP contribution in [0, 0.1) is 11.6 Å². The van der Waals surface area contributed by atoms with Crippen LogP contribution in [-0.4, -0.2) is 46.3 Å². The van der Waals surface area contributed by atoms with Crippen LogP contribution in [-0.2, 0) is 12.1 Å². The molecule has 0 aliphatic rings. The van der Waals surface area contributed by atoms with E-state index in [2.05, 4.69) is 25.3 Å². The second-order valence-electron chi connectivity index (χ2n) is 4.97. The standard InChI is InChI=1S/C12H13F2N3O2.C2H3N3/c1-8(18)12(19,5-17-7-15-6-16-17)10-4-9(13)2-3-11(10)14;1-3-2-5-4-1/h2-4,6-8,18-19H,5H2,1H3;1-2H,(H,3,4,5)/t8-,12-;/m1./s1. The number of nitrogens with one attached hydrogen (secondary N) is 1. The van der Waals surface area contributed by atoms with E-state index in [1.807, 2.05) is 0 Å². The molecule has 2 aromatic heterocycles. The predicted molar refractivity (Wildman–Crippen MR) is 78.3 cm³/mol. The summed E-state index contributed by atoms with van der Waals surface area (Å²) in [6, 6.07) is 2.70. The summed E-state index contributed by atoms with van der Waals surface area (Å²) in [5.41, 5.74) is -2.32. The summed E-state index contributed by atoms with van der Waals surface area (Å²) in [7, 11) is 0. The van der Waals surface area contributed by atoms with Gasteiger partial charge in [0.15, 0.2) is 0 Å². The Kier molecular flexibility index (Phi) is 5.66. The van der Waals surface area contributed by atoms with E-state index in [4.69, 9.17) is 0 Å². The zero-order valence-electron chi connectivity index (χ0n) is 12.7. The van der Waals surface area contributed by atoms with Gasteiger partial charge in [-0.3, -0.25) is 5.10 Å². The molecule has 3 N–H and O–H groups in total. The minimum absolute atomic E-state index is 0.245. The van der Waals surface area contributed by atoms with Gasteiger partial charge in [-0.2, -0.15) is 10.2 Å². The van der Waals surface area contributed by atoms with Crippen LogP contribution in [0.15, 0.2) is 43.5 Å². The summed E-state index contributed by atoms with van der Waals surface area (Å²) < 4.78 is 28.2. The van der Waals surface area contributed by atoms with Crippen molar-refractivity contribution in [1.29, 1.82) is 0 Å². The molecule has 0 aliphatic heterocycles. The van der Waals surface area contributed by atoms with Crippen LogP contribution in [0.5, 0.6) is 0 Å². The smallest absolute Gasteiger partial charge is 0.138 e. The van der Waals surface area contributed by atoms with Crippen molar-refractivity contribution >= 4 is 0 Å². The van der Waals surface area contributed by atoms with Gasteiger partial charge in [-0.15, -0.1) is 0 Å². The molecule has 3 rings (SSSR count). The van der Waals surface area contributed by atoms with Gasteiger partial charge >= 0.3 is 0 Å². The molecule has 0 amide bonds. The Balaban J connectivity index is 0.000000355. The Bertz CT molecular complexity index is 719. The number of halogens is 2. The van der Waals surface area contributed by atoms with Crippen LogP contribution in [0.2, 0.25) is 0 Å². The van der Waals surface area contributed by atoms with Gasteiger partial charge in [-0.1, -0.05) is 0 Å². The van der Waals surface area contributed by atoms with Gasteiger partial charge in [0.25, 0.3) is 0 Å². The van der Waals surface area contributed by atoms with Gasteiger partial charge in [0.1, 0.15) is 42.5 Å². The van der Waals surface area contributed by atoms with Gasteiger partial charge in [-0.25, -0.2) is 23.4 Å². The predicted octanol–water partition coefficient (Wildman–Crippen LogP) is 0.630. The van der Waals surface area contributed by atoms with Crippen molar-refractivity contribution in [1.82, 2.24) is 29.9 Å². The summed E-state index contributed by atoms with van der Waals surface area (Å²) in [6.07, 6.45) is 4.18. The molecule has 0 fully saturated rings. The van der Waals surface area contributed by atoms with Crippen LogP contribution in [0.25, 0.3) is 0 Å². The first-order valence-corrected chi connectivity index (χ1v) is 6.90. The number of rotatable bonds is 4. The number of aliphatic hydroxyl groups is 2. The van der Waals surface area contributed by atoms with Crippen LogP contribution in [0.1, 0.15) is 12.5 Å². The summed E-state index contributed by atoms with van der Waals surface area (Å²) in [5, 5.41) is 30.0. The fourth-order valence-electron chi connectivity index (χ4n) is 2.00. The lowest BCUT2D eigenvalue weighted by Crippen LogP contribution is -2.42. The van der Waals surface area contributed by atoms with E-state index >= 15 is 0 Å². The third kappa shape index (κ3) is 4.18. The van der Waals surface area contributed by atoms with E-state index in [1.165, 1.54) is 36.9 Å². The van der Waals surface area contributed by atoms with Crippen molar-refractivity contribution in [2.75, 3.05) is 0 Å². The number of hydrogen-bond donors (Lipinski definition) is 3. The summed E-state index contributed by atoms with van der Waals surface area (Å²) in [6.45, 7) is 1.05. The molecule has 2 heterocycles. The number of benzene rings is 1. The van der Waals surface area contributed by atoms with E-state index in [-0.39, 0.29) is 12.1 Å². The molecule has 128 valence electrons. The van der Waals surface area contributed by atoms with Crippen molar-refractivity contribution in [3.63, 3.8) is 0 Å². The van der Waals surface area contributed by atoms with Crippen molar-refractivity contribution in [3.05, 3.63) is 60.7 Å². The van der Waals surface area contributed by atoms with E-state index in [0.717, 1.165) is 18.2 Å². The average Bonchev–Trinajstić information content (AvgIpc) is 3.25. The van der Waals surface area contributed by atoms with Crippen LogP contribution < -0.4 is 0 Å². The zero-order chi connectivity index (χ0) is 17.6. The lowest BCUT2D eigenvalue weighted by molar-refractivity contribution is -0.0875. The maximum absolute atomic E-state index is 13.8. The highest BCUT2D eigenvalue weighted by molar-refractivity contribution is 5.26. The lowest BCUT2D eigenvalue weighted by atomic mass is 9.88. The van der Waals surface area contributed by atoms with E-state index < -0.39 is 23.3 Å². The van der Waals surface area contributed by atoms with E-state index in [1.54, 1.807) is 0 Å². The number of hydrogen-bond acceptors (Lipinski definition) is 6. The Morgan fingerprint density at radius 1 is 1.29 bits per heavy atom. The van der Waals surface area contributed by atoms with E-state index in [9.17, 15) is 19.0 Å². The van der Waals surface area contributed by atoms with Crippen molar-refractivity contribution in [3.8, 4) is 0 Å². The first-order chi connectivity index (χ1) is 11.4. The molecule has 10 heteroatoms. The molecule has 0 unspecified atom stereocenters. The SMILES string of the molecule is C[C@@H](O)[C@](O)(Cn1cncn1)c1cc(F)ccc1F.c1nc[nH]n1. The van der Waals surface area contributed by atoms with Crippen molar-refractivity contribution in [2.45, 2.75) is 25.2 Å². The van der Waals surface area contributed by atoms with Crippen molar-refractivity contribution in [2.24, 2.45) is 0 Å². The summed E-state index contributed by atoms with van der Waals surface area (Å²) in [4.78, 5) is 7.25. The molecule has 0 radical (unpaired) electrons. The Labute approximate surface area is 135 Å². The third-order valence-electron chi connectivity index (χ3n) is 3.29. The molecule has 2 atom stereocenters. The molecule has 3 aromatic rings. The van der Waals surface area contributed by atoms with Crippen molar-refractivity contribution < 1.29 is 19.0 Å². The first-order valence-electron chi connectivity index (χ1n) is 6.90. The molecule has 0 saturated heterocycles. The third-order valence-corrected chi connectivity index (χ3v) is 3.29. The average molecular weight is 338 g/mol. The minimum atomic E-state index is -2.00. The Morgan fingerprint density at radius 2 is 2.08 bits per heavy atom. The van der Waals surface area contributed by atoms with Gasteiger partial charge < -0.3 is 10.2 Å². The zero-order valence-corrected chi connectivity index (χ0v) is 12.7. The molecule has 24 heavy (non-hydrogen) atoms. The van der Waals surface area contributed by atoms with Gasteiger partial charge in [-0.05, 0) is 25.1 Å². The molecule has 0 spiro atoms. The van der Waals surface area contributed by atoms with Crippen LogP contribution in [0.4, 0.5) is 8.78 Å². The highest BCUT2D eigenvalue weighted by Gasteiger charge is 2.38. The Hall–Kier alpha value is -2.72. The molecular weight excluding hydrogens is 322 g/mol. The Morgan fingerprint density at radius 3 is 2.58 bits per heavy atom.